The average Bonchev–Trinajstić information content (AvgIpc) is 2.89. The van der Waals surface area contributed by atoms with Crippen LogP contribution in [0.2, 0.25) is 0 Å². The number of hydrogen-bond donors (Lipinski definition) is 0. The number of rotatable bonds is 9. The summed E-state index contributed by atoms with van der Waals surface area (Å²) in [6, 6.07) is 11.1. The number of halogens is 4. The Morgan fingerprint density at radius 3 is 2.16 bits per heavy atom. The first kappa shape index (κ1) is 27.7. The largest absolute Gasteiger partial charge is 0.494 e. The summed E-state index contributed by atoms with van der Waals surface area (Å²) in [6.07, 6.45) is 2.47. The van der Waals surface area contributed by atoms with Crippen LogP contribution in [0.15, 0.2) is 36.4 Å². The van der Waals surface area contributed by atoms with E-state index in [1.807, 2.05) is 0 Å². The van der Waals surface area contributed by atoms with E-state index in [4.69, 9.17) is 14.2 Å². The van der Waals surface area contributed by atoms with Crippen molar-refractivity contribution in [3.8, 4) is 11.5 Å². The SMILES string of the molecule is CCCCOc1ccc(C2CCC(C3CCC(c4ccc(OCC)c(C(F)(F)F)c4F)OC3)CC2)cc1. The Kier molecular flexibility index (Phi) is 9.38. The van der Waals surface area contributed by atoms with E-state index in [1.54, 1.807) is 6.92 Å². The van der Waals surface area contributed by atoms with E-state index >= 15 is 4.39 Å². The maximum absolute atomic E-state index is 15.0. The summed E-state index contributed by atoms with van der Waals surface area (Å²) in [4.78, 5) is 0. The van der Waals surface area contributed by atoms with Gasteiger partial charge in [0.05, 0.1) is 25.9 Å². The third kappa shape index (κ3) is 6.78. The van der Waals surface area contributed by atoms with Gasteiger partial charge in [0.2, 0.25) is 0 Å². The van der Waals surface area contributed by atoms with Crippen LogP contribution in [-0.2, 0) is 10.9 Å². The van der Waals surface area contributed by atoms with Gasteiger partial charge in [0, 0.05) is 5.56 Å². The molecule has 7 heteroatoms. The first-order chi connectivity index (χ1) is 17.8. The number of alkyl halides is 3. The van der Waals surface area contributed by atoms with Crippen molar-refractivity contribution in [3.63, 3.8) is 0 Å². The van der Waals surface area contributed by atoms with Gasteiger partial charge in [-0.3, -0.25) is 0 Å². The molecule has 2 fully saturated rings. The number of unbranched alkanes of at least 4 members (excludes halogenated alkanes) is 1. The van der Waals surface area contributed by atoms with Crippen LogP contribution in [0.1, 0.15) is 93.9 Å². The van der Waals surface area contributed by atoms with Crippen molar-refractivity contribution in [3.05, 3.63) is 58.9 Å². The van der Waals surface area contributed by atoms with Crippen molar-refractivity contribution in [2.45, 2.75) is 83.4 Å². The second-order valence-electron chi connectivity index (χ2n) is 10.3. The number of benzene rings is 2. The lowest BCUT2D eigenvalue weighted by Crippen LogP contribution is -2.30. The first-order valence-corrected chi connectivity index (χ1v) is 13.7. The molecule has 0 amide bonds. The Morgan fingerprint density at radius 2 is 1.57 bits per heavy atom. The summed E-state index contributed by atoms with van der Waals surface area (Å²) in [5.41, 5.74) is -0.01000. The van der Waals surface area contributed by atoms with Crippen LogP contribution in [0, 0.1) is 17.7 Å². The van der Waals surface area contributed by atoms with Gasteiger partial charge in [-0.15, -0.1) is 0 Å². The van der Waals surface area contributed by atoms with Crippen molar-refractivity contribution in [1.29, 1.82) is 0 Å². The fraction of sp³-hybridized carbons (Fsp3) is 0.600. The van der Waals surface area contributed by atoms with E-state index in [1.165, 1.54) is 17.7 Å². The fourth-order valence-electron chi connectivity index (χ4n) is 5.85. The molecule has 0 radical (unpaired) electrons. The lowest BCUT2D eigenvalue weighted by Gasteiger charge is -2.38. The standard InChI is InChI=1S/C30H38F4O3/c1-3-5-18-36-24-13-10-21(11-14-24)20-6-8-22(9-7-20)23-12-16-26(37-19-23)25-15-17-27(35-4-2)28(29(25)31)30(32,33)34/h10-11,13-15,17,20,22-23,26H,3-9,12,16,18-19H2,1-2H3. The lowest BCUT2D eigenvalue weighted by molar-refractivity contribution is -0.141. The van der Waals surface area contributed by atoms with Crippen molar-refractivity contribution in [1.82, 2.24) is 0 Å². The van der Waals surface area contributed by atoms with E-state index in [-0.39, 0.29) is 12.2 Å². The summed E-state index contributed by atoms with van der Waals surface area (Å²) < 4.78 is 72.5. The molecule has 0 aromatic heterocycles. The van der Waals surface area contributed by atoms with Crippen LogP contribution in [0.5, 0.6) is 11.5 Å². The molecule has 2 atom stereocenters. The maximum Gasteiger partial charge on any atom is 0.422 e. The highest BCUT2D eigenvalue weighted by molar-refractivity contribution is 5.42. The zero-order valence-corrected chi connectivity index (χ0v) is 21.8. The molecule has 2 aliphatic rings. The fourth-order valence-corrected chi connectivity index (χ4v) is 5.85. The van der Waals surface area contributed by atoms with E-state index in [0.717, 1.165) is 57.3 Å². The molecule has 2 aromatic rings. The topological polar surface area (TPSA) is 27.7 Å². The van der Waals surface area contributed by atoms with Crippen molar-refractivity contribution < 1.29 is 31.8 Å². The minimum atomic E-state index is -4.83. The van der Waals surface area contributed by atoms with Gasteiger partial charge in [0.15, 0.2) is 0 Å². The molecule has 0 bridgehead atoms. The molecule has 1 saturated carbocycles. The number of hydrogen-bond acceptors (Lipinski definition) is 3. The molecule has 2 unspecified atom stereocenters. The van der Waals surface area contributed by atoms with Crippen LogP contribution >= 0.6 is 0 Å². The Balaban J connectivity index is 1.30. The summed E-state index contributed by atoms with van der Waals surface area (Å²) in [5, 5.41) is 0. The van der Waals surface area contributed by atoms with Gasteiger partial charge in [0.1, 0.15) is 22.9 Å². The zero-order chi connectivity index (χ0) is 26.4. The molecule has 37 heavy (non-hydrogen) atoms. The molecule has 1 saturated heterocycles. The van der Waals surface area contributed by atoms with Gasteiger partial charge in [-0.1, -0.05) is 25.5 Å². The molecule has 4 rings (SSSR count). The molecule has 204 valence electrons. The summed E-state index contributed by atoms with van der Waals surface area (Å²) >= 11 is 0. The Labute approximate surface area is 217 Å². The van der Waals surface area contributed by atoms with E-state index in [9.17, 15) is 13.2 Å². The second-order valence-corrected chi connectivity index (χ2v) is 10.3. The minimum Gasteiger partial charge on any atom is -0.494 e. The highest BCUT2D eigenvalue weighted by Crippen LogP contribution is 2.45. The average molecular weight is 523 g/mol. The van der Waals surface area contributed by atoms with Crippen LogP contribution < -0.4 is 9.47 Å². The molecule has 1 aliphatic heterocycles. The second kappa shape index (κ2) is 12.5. The molecule has 3 nitrogen and oxygen atoms in total. The van der Waals surface area contributed by atoms with Crippen LogP contribution in [0.25, 0.3) is 0 Å². The molecule has 2 aromatic carbocycles. The molecule has 1 aliphatic carbocycles. The highest BCUT2D eigenvalue weighted by atomic mass is 19.4. The Bertz CT molecular complexity index is 989. The lowest BCUT2D eigenvalue weighted by atomic mass is 9.72. The molecule has 0 spiro atoms. The quantitative estimate of drug-likeness (QED) is 0.243. The van der Waals surface area contributed by atoms with E-state index < -0.39 is 29.4 Å². The van der Waals surface area contributed by atoms with Crippen molar-refractivity contribution in [2.75, 3.05) is 19.8 Å². The maximum atomic E-state index is 15.0. The molecule has 1 heterocycles. The van der Waals surface area contributed by atoms with Gasteiger partial charge in [-0.05, 0) is 99.5 Å². The minimum absolute atomic E-state index is 0.0277. The first-order valence-electron chi connectivity index (χ1n) is 13.7. The van der Waals surface area contributed by atoms with Crippen molar-refractivity contribution >= 4 is 0 Å². The van der Waals surface area contributed by atoms with Gasteiger partial charge in [0.25, 0.3) is 0 Å². The molecular weight excluding hydrogens is 484 g/mol. The van der Waals surface area contributed by atoms with E-state index in [2.05, 4.69) is 31.2 Å². The van der Waals surface area contributed by atoms with Gasteiger partial charge >= 0.3 is 6.18 Å². The Morgan fingerprint density at radius 1 is 0.865 bits per heavy atom. The normalized spacial score (nSPS) is 24.6. The van der Waals surface area contributed by atoms with Crippen LogP contribution in [-0.4, -0.2) is 19.8 Å². The van der Waals surface area contributed by atoms with Gasteiger partial charge in [-0.25, -0.2) is 4.39 Å². The summed E-state index contributed by atoms with van der Waals surface area (Å²) in [5.74, 6) is 0.608. The van der Waals surface area contributed by atoms with Crippen LogP contribution in [0.3, 0.4) is 0 Å². The predicted molar refractivity (Wildman–Crippen MR) is 136 cm³/mol. The highest BCUT2D eigenvalue weighted by Gasteiger charge is 2.41. The van der Waals surface area contributed by atoms with Crippen molar-refractivity contribution in [2.24, 2.45) is 11.8 Å². The third-order valence-corrected chi connectivity index (χ3v) is 7.93. The summed E-state index contributed by atoms with van der Waals surface area (Å²) in [6.45, 7) is 4.96. The number of ether oxygens (including phenoxy) is 3. The summed E-state index contributed by atoms with van der Waals surface area (Å²) in [7, 11) is 0. The zero-order valence-electron chi connectivity index (χ0n) is 21.8. The van der Waals surface area contributed by atoms with Gasteiger partial charge in [-0.2, -0.15) is 13.2 Å². The predicted octanol–water partition coefficient (Wildman–Crippen LogP) is 8.86. The van der Waals surface area contributed by atoms with Gasteiger partial charge < -0.3 is 14.2 Å². The van der Waals surface area contributed by atoms with Crippen LogP contribution in [0.4, 0.5) is 17.6 Å². The van der Waals surface area contributed by atoms with E-state index in [0.29, 0.717) is 30.8 Å². The molecular formula is C30H38F4O3. The molecule has 0 N–H and O–H groups in total. The Hall–Kier alpha value is -2.28. The smallest absolute Gasteiger partial charge is 0.422 e. The third-order valence-electron chi connectivity index (χ3n) is 7.93. The monoisotopic (exact) mass is 522 g/mol.